The van der Waals surface area contributed by atoms with E-state index in [0.717, 1.165) is 0 Å². The molecule has 0 radical (unpaired) electrons. The number of aromatic nitrogens is 4. The zero-order valence-electron chi connectivity index (χ0n) is 7.56. The van der Waals surface area contributed by atoms with Crippen molar-refractivity contribution in [2.24, 2.45) is 0 Å². The first-order valence-electron chi connectivity index (χ1n) is 4.12. The summed E-state index contributed by atoms with van der Waals surface area (Å²) in [6.45, 7) is -0.289. The summed E-state index contributed by atoms with van der Waals surface area (Å²) < 4.78 is 0. The Morgan fingerprint density at radius 2 is 2.20 bits per heavy atom. The number of fused-ring (bicyclic) bond motifs is 1. The average Bonchev–Trinajstić information content (AvgIpc) is 2.26. The van der Waals surface area contributed by atoms with E-state index in [2.05, 4.69) is 30.8 Å². The Morgan fingerprint density at radius 3 is 3.00 bits per heavy atom. The highest BCUT2D eigenvalue weighted by molar-refractivity contribution is 5.68. The predicted octanol–water partition coefficient (Wildman–Crippen LogP) is -1.42. The van der Waals surface area contributed by atoms with Crippen LogP contribution >= 0.6 is 0 Å². The minimum atomic E-state index is -0.393. The fourth-order valence-electron chi connectivity index (χ4n) is 1.06. The summed E-state index contributed by atoms with van der Waals surface area (Å²) in [6, 6.07) is 0. The quantitative estimate of drug-likeness (QED) is 0.361. The first kappa shape index (κ1) is 9.49. The van der Waals surface area contributed by atoms with Gasteiger partial charge in [-0.3, -0.25) is 15.2 Å². The third-order valence-electron chi connectivity index (χ3n) is 1.63. The number of anilines is 1. The topological polar surface area (TPSA) is 116 Å². The van der Waals surface area contributed by atoms with Gasteiger partial charge in [0.15, 0.2) is 11.2 Å². The van der Waals surface area contributed by atoms with Gasteiger partial charge in [0.1, 0.15) is 6.73 Å². The standard InChI is InChI=1S/C7H8N6O2/c14-3-10-13-7-11-5-4(6(15)12-7)8-1-2-9-5/h1-2,10,14H,3H2,(H2,9,11,12,13,15). The summed E-state index contributed by atoms with van der Waals surface area (Å²) in [5.41, 5.74) is 4.89. The SMILES string of the molecule is O=c1[nH]c(NNCO)nc2nccnc12. The highest BCUT2D eigenvalue weighted by Gasteiger charge is 2.04. The Kier molecular flexibility index (Phi) is 2.52. The molecule has 0 aliphatic rings. The van der Waals surface area contributed by atoms with Gasteiger partial charge in [0, 0.05) is 12.4 Å². The molecule has 0 saturated heterocycles. The predicted molar refractivity (Wildman–Crippen MR) is 51.8 cm³/mol. The molecule has 0 bridgehead atoms. The maximum Gasteiger partial charge on any atom is 0.280 e. The number of aliphatic hydroxyl groups is 1. The first-order chi connectivity index (χ1) is 7.31. The van der Waals surface area contributed by atoms with Crippen LogP contribution in [0, 0.1) is 0 Å². The van der Waals surface area contributed by atoms with E-state index in [9.17, 15) is 4.79 Å². The van der Waals surface area contributed by atoms with Crippen LogP contribution in [-0.2, 0) is 0 Å². The summed E-state index contributed by atoms with van der Waals surface area (Å²) in [6.07, 6.45) is 2.86. The molecule has 2 heterocycles. The maximum absolute atomic E-state index is 11.4. The van der Waals surface area contributed by atoms with Crippen molar-refractivity contribution in [3.05, 3.63) is 22.7 Å². The van der Waals surface area contributed by atoms with Gasteiger partial charge in [0.05, 0.1) is 0 Å². The Bertz CT molecular complexity index is 524. The van der Waals surface area contributed by atoms with Gasteiger partial charge in [-0.2, -0.15) is 4.98 Å². The van der Waals surface area contributed by atoms with Gasteiger partial charge in [0.25, 0.3) is 5.56 Å². The van der Waals surface area contributed by atoms with Crippen LogP contribution in [0.2, 0.25) is 0 Å². The van der Waals surface area contributed by atoms with Gasteiger partial charge >= 0.3 is 0 Å². The number of hydrogen-bond acceptors (Lipinski definition) is 7. The van der Waals surface area contributed by atoms with Crippen molar-refractivity contribution in [2.75, 3.05) is 12.2 Å². The van der Waals surface area contributed by atoms with E-state index >= 15 is 0 Å². The van der Waals surface area contributed by atoms with Crippen molar-refractivity contribution < 1.29 is 5.11 Å². The summed E-state index contributed by atoms with van der Waals surface area (Å²) in [4.78, 5) is 25.5. The zero-order valence-corrected chi connectivity index (χ0v) is 7.56. The van der Waals surface area contributed by atoms with E-state index in [1.54, 1.807) is 0 Å². The molecule has 0 saturated carbocycles. The van der Waals surface area contributed by atoms with E-state index < -0.39 is 5.56 Å². The minimum absolute atomic E-state index is 0.169. The minimum Gasteiger partial charge on any atom is -0.380 e. The van der Waals surface area contributed by atoms with Crippen LogP contribution < -0.4 is 16.4 Å². The van der Waals surface area contributed by atoms with Crippen LogP contribution in [0.3, 0.4) is 0 Å². The summed E-state index contributed by atoms with van der Waals surface area (Å²) in [7, 11) is 0. The molecule has 0 atom stereocenters. The highest BCUT2D eigenvalue weighted by Crippen LogP contribution is 2.00. The van der Waals surface area contributed by atoms with Crippen LogP contribution in [0.4, 0.5) is 5.95 Å². The molecule has 78 valence electrons. The van der Waals surface area contributed by atoms with Gasteiger partial charge in [-0.15, -0.1) is 0 Å². The van der Waals surface area contributed by atoms with E-state index in [4.69, 9.17) is 5.11 Å². The maximum atomic E-state index is 11.4. The Hall–Kier alpha value is -2.06. The van der Waals surface area contributed by atoms with Gasteiger partial charge in [-0.05, 0) is 0 Å². The van der Waals surface area contributed by atoms with Crippen LogP contribution in [0.25, 0.3) is 11.2 Å². The average molecular weight is 208 g/mol. The molecule has 0 aliphatic carbocycles. The number of rotatable bonds is 3. The van der Waals surface area contributed by atoms with Crippen molar-refractivity contribution in [3.8, 4) is 0 Å². The molecule has 0 fully saturated rings. The number of aromatic amines is 1. The largest absolute Gasteiger partial charge is 0.380 e. The number of nitrogens with one attached hydrogen (secondary N) is 3. The summed E-state index contributed by atoms with van der Waals surface area (Å²) in [5.74, 6) is 0.169. The molecule has 8 heteroatoms. The lowest BCUT2D eigenvalue weighted by Crippen LogP contribution is -2.26. The third kappa shape index (κ3) is 1.90. The van der Waals surface area contributed by atoms with E-state index in [-0.39, 0.29) is 23.8 Å². The lowest BCUT2D eigenvalue weighted by Gasteiger charge is -2.03. The molecule has 0 aromatic carbocycles. The van der Waals surface area contributed by atoms with E-state index in [0.29, 0.717) is 0 Å². The second-order valence-electron chi connectivity index (χ2n) is 2.60. The van der Waals surface area contributed by atoms with E-state index in [1.807, 2.05) is 0 Å². The number of hydrazine groups is 1. The summed E-state index contributed by atoms with van der Waals surface area (Å²) in [5, 5.41) is 8.49. The number of nitrogens with zero attached hydrogens (tertiary/aromatic N) is 3. The second-order valence-corrected chi connectivity index (χ2v) is 2.60. The van der Waals surface area contributed by atoms with Crippen molar-refractivity contribution in [1.29, 1.82) is 0 Å². The monoisotopic (exact) mass is 208 g/mol. The number of aliphatic hydroxyl groups excluding tert-OH is 1. The molecule has 0 spiro atoms. The molecule has 8 nitrogen and oxygen atoms in total. The second kappa shape index (κ2) is 3.98. The van der Waals surface area contributed by atoms with Crippen molar-refractivity contribution in [3.63, 3.8) is 0 Å². The lowest BCUT2D eigenvalue weighted by atomic mass is 10.5. The molecule has 4 N–H and O–H groups in total. The fourth-order valence-corrected chi connectivity index (χ4v) is 1.06. The first-order valence-corrected chi connectivity index (χ1v) is 4.12. The molecule has 2 rings (SSSR count). The van der Waals surface area contributed by atoms with Gasteiger partial charge in [-0.25, -0.2) is 15.4 Å². The van der Waals surface area contributed by atoms with Gasteiger partial charge in [-0.1, -0.05) is 0 Å². The Labute approximate surface area is 83.4 Å². The molecule has 15 heavy (non-hydrogen) atoms. The van der Waals surface area contributed by atoms with Crippen molar-refractivity contribution in [1.82, 2.24) is 25.4 Å². The highest BCUT2D eigenvalue weighted by atomic mass is 16.3. The molecule has 2 aromatic heterocycles. The van der Waals surface area contributed by atoms with Gasteiger partial charge in [0.2, 0.25) is 5.95 Å². The molecule has 0 unspecified atom stereocenters. The molecular formula is C7H8N6O2. The normalized spacial score (nSPS) is 10.5. The fraction of sp³-hybridized carbons (Fsp3) is 0.143. The van der Waals surface area contributed by atoms with Crippen LogP contribution in [-0.4, -0.2) is 31.8 Å². The van der Waals surface area contributed by atoms with Crippen molar-refractivity contribution >= 4 is 17.1 Å². The molecule has 0 aliphatic heterocycles. The smallest absolute Gasteiger partial charge is 0.280 e. The third-order valence-corrected chi connectivity index (χ3v) is 1.63. The zero-order chi connectivity index (χ0) is 10.7. The molecule has 0 amide bonds. The molecular weight excluding hydrogens is 200 g/mol. The lowest BCUT2D eigenvalue weighted by molar-refractivity contribution is 0.271. The Morgan fingerprint density at radius 1 is 1.40 bits per heavy atom. The summed E-state index contributed by atoms with van der Waals surface area (Å²) >= 11 is 0. The number of hydrogen-bond donors (Lipinski definition) is 4. The Balaban J connectivity index is 2.48. The van der Waals surface area contributed by atoms with E-state index in [1.165, 1.54) is 12.4 Å². The van der Waals surface area contributed by atoms with Crippen LogP contribution in [0.1, 0.15) is 0 Å². The van der Waals surface area contributed by atoms with Crippen LogP contribution in [0.15, 0.2) is 17.2 Å². The van der Waals surface area contributed by atoms with Gasteiger partial charge < -0.3 is 5.11 Å². The molecule has 2 aromatic rings. The van der Waals surface area contributed by atoms with Crippen molar-refractivity contribution in [2.45, 2.75) is 0 Å². The van der Waals surface area contributed by atoms with Crippen LogP contribution in [0.5, 0.6) is 0 Å². The number of H-pyrrole nitrogens is 1.